The van der Waals surface area contributed by atoms with Crippen molar-refractivity contribution in [2.24, 2.45) is 0 Å². The van der Waals surface area contributed by atoms with E-state index in [0.717, 1.165) is 33.3 Å². The molecule has 33 heavy (non-hydrogen) atoms. The van der Waals surface area contributed by atoms with E-state index in [-0.39, 0.29) is 5.97 Å². The van der Waals surface area contributed by atoms with Crippen molar-refractivity contribution in [1.29, 1.82) is 0 Å². The molecule has 0 aliphatic carbocycles. The Morgan fingerprint density at radius 1 is 1.03 bits per heavy atom. The molecule has 4 nitrogen and oxygen atoms in total. The third-order valence-electron chi connectivity index (χ3n) is 5.53. The van der Waals surface area contributed by atoms with Crippen molar-refractivity contribution in [3.63, 3.8) is 0 Å². The summed E-state index contributed by atoms with van der Waals surface area (Å²) in [7, 11) is 1.37. The van der Waals surface area contributed by atoms with Crippen LogP contribution in [0.15, 0.2) is 78.9 Å². The first-order valence-electron chi connectivity index (χ1n) is 10.7. The van der Waals surface area contributed by atoms with Crippen LogP contribution in [-0.4, -0.2) is 23.2 Å². The number of aromatic nitrogens is 1. The number of ether oxygens (including phenoxy) is 1. The van der Waals surface area contributed by atoms with Crippen LogP contribution in [0.5, 0.6) is 0 Å². The number of carbonyl (C=O) groups is 1. The fraction of sp³-hybridized carbons (Fsp3) is 0.143. The standard InChI is InChI=1S/C28H24ClNO3/c1-33-28(32)25-8-3-2-6-20(25)12-16-27(31)22-7-4-5-19(17-22)9-14-24-15-11-21-10-13-23(29)18-26(21)30-24/h2-11,13-15,17-18,27,31H,12,16H2,1H3/t27-/m0/s1. The summed E-state index contributed by atoms with van der Waals surface area (Å²) in [4.78, 5) is 16.6. The third-order valence-corrected chi connectivity index (χ3v) is 5.76. The van der Waals surface area contributed by atoms with Crippen molar-refractivity contribution in [3.05, 3.63) is 112 Å². The fourth-order valence-electron chi connectivity index (χ4n) is 3.76. The van der Waals surface area contributed by atoms with Gasteiger partial charge in [-0.25, -0.2) is 9.78 Å². The molecule has 0 aliphatic rings. The highest BCUT2D eigenvalue weighted by atomic mass is 35.5. The summed E-state index contributed by atoms with van der Waals surface area (Å²) in [6.45, 7) is 0. The maximum atomic E-state index is 12.0. The molecule has 166 valence electrons. The SMILES string of the molecule is COC(=O)c1ccccc1CC[C@H](O)c1cccc(C=Cc2ccc3ccc(Cl)cc3n2)c1. The van der Waals surface area contributed by atoms with Crippen LogP contribution in [-0.2, 0) is 11.2 Å². The molecule has 1 N–H and O–H groups in total. The average molecular weight is 458 g/mol. The fourth-order valence-corrected chi connectivity index (χ4v) is 3.92. The lowest BCUT2D eigenvalue weighted by atomic mass is 9.97. The number of methoxy groups -OCH3 is 1. The van der Waals surface area contributed by atoms with Crippen molar-refractivity contribution in [3.8, 4) is 0 Å². The Bertz CT molecular complexity index is 1320. The molecule has 0 saturated carbocycles. The maximum Gasteiger partial charge on any atom is 0.338 e. The first-order chi connectivity index (χ1) is 16.0. The van der Waals surface area contributed by atoms with Gasteiger partial charge in [-0.1, -0.05) is 66.2 Å². The lowest BCUT2D eigenvalue weighted by molar-refractivity contribution is 0.0599. The largest absolute Gasteiger partial charge is 0.465 e. The molecule has 1 heterocycles. The number of nitrogens with zero attached hydrogens (tertiary/aromatic N) is 1. The van der Waals surface area contributed by atoms with Crippen LogP contribution in [0.1, 0.15) is 45.3 Å². The van der Waals surface area contributed by atoms with Crippen LogP contribution in [0, 0.1) is 0 Å². The molecule has 4 aromatic rings. The molecular formula is C28H24ClNO3. The van der Waals surface area contributed by atoms with Gasteiger partial charge < -0.3 is 9.84 Å². The molecule has 0 aliphatic heterocycles. The van der Waals surface area contributed by atoms with Gasteiger partial charge in [0.05, 0.1) is 30.0 Å². The number of aryl methyl sites for hydroxylation is 1. The van der Waals surface area contributed by atoms with Gasteiger partial charge in [-0.05, 0) is 65.9 Å². The minimum absolute atomic E-state index is 0.364. The number of rotatable bonds is 7. The number of esters is 1. The molecule has 0 amide bonds. The van der Waals surface area contributed by atoms with E-state index >= 15 is 0 Å². The summed E-state index contributed by atoms with van der Waals surface area (Å²) >= 11 is 6.08. The predicted molar refractivity (Wildman–Crippen MR) is 133 cm³/mol. The van der Waals surface area contributed by atoms with Crippen molar-refractivity contribution in [2.45, 2.75) is 18.9 Å². The maximum absolute atomic E-state index is 12.0. The summed E-state index contributed by atoms with van der Waals surface area (Å²) in [5, 5.41) is 12.5. The van der Waals surface area contributed by atoms with Crippen LogP contribution in [0.3, 0.4) is 0 Å². The van der Waals surface area contributed by atoms with Gasteiger partial charge in [-0.2, -0.15) is 0 Å². The predicted octanol–water partition coefficient (Wildman–Crippen LogP) is 6.51. The molecule has 0 spiro atoms. The van der Waals surface area contributed by atoms with Gasteiger partial charge in [-0.3, -0.25) is 0 Å². The van der Waals surface area contributed by atoms with E-state index in [1.807, 2.05) is 78.9 Å². The number of hydrogen-bond donors (Lipinski definition) is 1. The second-order valence-electron chi connectivity index (χ2n) is 7.78. The average Bonchev–Trinajstić information content (AvgIpc) is 2.85. The number of carbonyl (C=O) groups excluding carboxylic acids is 1. The Morgan fingerprint density at radius 2 is 1.85 bits per heavy atom. The molecule has 1 aromatic heterocycles. The van der Waals surface area contributed by atoms with E-state index in [9.17, 15) is 9.90 Å². The lowest BCUT2D eigenvalue weighted by Crippen LogP contribution is -2.07. The summed E-state index contributed by atoms with van der Waals surface area (Å²) in [5.41, 5.74) is 4.87. The Labute approximate surface area is 198 Å². The number of halogens is 1. The van der Waals surface area contributed by atoms with Gasteiger partial charge in [0.1, 0.15) is 0 Å². The highest BCUT2D eigenvalue weighted by Gasteiger charge is 2.14. The van der Waals surface area contributed by atoms with Gasteiger partial charge >= 0.3 is 5.97 Å². The molecule has 0 unspecified atom stereocenters. The van der Waals surface area contributed by atoms with E-state index in [4.69, 9.17) is 16.3 Å². The second kappa shape index (κ2) is 10.4. The zero-order valence-electron chi connectivity index (χ0n) is 18.2. The topological polar surface area (TPSA) is 59.4 Å². The Balaban J connectivity index is 1.46. The van der Waals surface area contributed by atoms with E-state index in [1.54, 1.807) is 12.1 Å². The number of aliphatic hydroxyl groups excluding tert-OH is 1. The zero-order valence-corrected chi connectivity index (χ0v) is 19.0. The van der Waals surface area contributed by atoms with Gasteiger partial charge in [0.25, 0.3) is 0 Å². The van der Waals surface area contributed by atoms with Crippen LogP contribution < -0.4 is 0 Å². The van der Waals surface area contributed by atoms with Crippen molar-refractivity contribution in [2.75, 3.05) is 7.11 Å². The lowest BCUT2D eigenvalue weighted by Gasteiger charge is -2.13. The highest BCUT2D eigenvalue weighted by Crippen LogP contribution is 2.23. The van der Waals surface area contributed by atoms with Gasteiger partial charge in [0, 0.05) is 10.4 Å². The summed E-state index contributed by atoms with van der Waals surface area (Å²) in [6, 6.07) is 24.7. The molecule has 1 atom stereocenters. The molecular weight excluding hydrogens is 434 g/mol. The minimum Gasteiger partial charge on any atom is -0.465 e. The summed E-state index contributed by atoms with van der Waals surface area (Å²) in [6.07, 6.45) is 4.33. The molecule has 0 bridgehead atoms. The molecule has 0 saturated heterocycles. The number of hydrogen-bond acceptors (Lipinski definition) is 4. The van der Waals surface area contributed by atoms with Crippen LogP contribution in [0.25, 0.3) is 23.1 Å². The molecule has 0 radical (unpaired) electrons. The van der Waals surface area contributed by atoms with Crippen molar-refractivity contribution >= 4 is 40.6 Å². The number of aliphatic hydroxyl groups is 1. The summed E-state index contributed by atoms with van der Waals surface area (Å²) < 4.78 is 4.86. The highest BCUT2D eigenvalue weighted by molar-refractivity contribution is 6.31. The minimum atomic E-state index is -0.648. The monoisotopic (exact) mass is 457 g/mol. The van der Waals surface area contributed by atoms with Crippen molar-refractivity contribution in [1.82, 2.24) is 4.98 Å². The first-order valence-corrected chi connectivity index (χ1v) is 11.1. The van der Waals surface area contributed by atoms with Crippen LogP contribution >= 0.6 is 11.6 Å². The second-order valence-corrected chi connectivity index (χ2v) is 8.22. The molecule has 3 aromatic carbocycles. The molecule has 0 fully saturated rings. The number of fused-ring (bicyclic) bond motifs is 1. The Kier molecular flexibility index (Phi) is 7.18. The first kappa shape index (κ1) is 22.7. The smallest absolute Gasteiger partial charge is 0.338 e. The van der Waals surface area contributed by atoms with Gasteiger partial charge in [0.2, 0.25) is 0 Å². The Hall–Kier alpha value is -3.47. The summed E-state index contributed by atoms with van der Waals surface area (Å²) in [5.74, 6) is -0.364. The molecule has 4 rings (SSSR count). The normalized spacial score (nSPS) is 12.2. The Morgan fingerprint density at radius 3 is 2.70 bits per heavy atom. The molecule has 5 heteroatoms. The van der Waals surface area contributed by atoms with E-state index in [2.05, 4.69) is 4.98 Å². The van der Waals surface area contributed by atoms with Crippen molar-refractivity contribution < 1.29 is 14.6 Å². The van der Waals surface area contributed by atoms with Crippen LogP contribution in [0.2, 0.25) is 5.02 Å². The zero-order chi connectivity index (χ0) is 23.2. The van der Waals surface area contributed by atoms with Gasteiger partial charge in [0.15, 0.2) is 0 Å². The van der Waals surface area contributed by atoms with E-state index in [1.165, 1.54) is 7.11 Å². The van der Waals surface area contributed by atoms with Crippen LogP contribution in [0.4, 0.5) is 0 Å². The van der Waals surface area contributed by atoms with Gasteiger partial charge in [-0.15, -0.1) is 0 Å². The number of benzene rings is 3. The number of pyridine rings is 1. The third kappa shape index (κ3) is 5.67. The van der Waals surface area contributed by atoms with E-state index in [0.29, 0.717) is 23.4 Å². The quantitative estimate of drug-likeness (QED) is 0.321. The van der Waals surface area contributed by atoms with E-state index < -0.39 is 6.10 Å².